The zero-order valence-electron chi connectivity index (χ0n) is 10.5. The lowest BCUT2D eigenvalue weighted by atomic mass is 9.99. The number of rotatable bonds is 6. The Morgan fingerprint density at radius 1 is 1.35 bits per heavy atom. The third-order valence-corrected chi connectivity index (χ3v) is 3.30. The van der Waals surface area contributed by atoms with Gasteiger partial charge in [-0.1, -0.05) is 0 Å². The highest BCUT2D eigenvalue weighted by molar-refractivity contribution is 4.92. The van der Waals surface area contributed by atoms with Crippen LogP contribution in [0.5, 0.6) is 0 Å². The molecule has 0 saturated heterocycles. The van der Waals surface area contributed by atoms with E-state index in [9.17, 15) is 13.2 Å². The molecule has 0 aromatic carbocycles. The molecule has 0 aromatic heterocycles. The Morgan fingerprint density at radius 2 is 1.88 bits per heavy atom. The van der Waals surface area contributed by atoms with Gasteiger partial charge in [0, 0.05) is 25.7 Å². The van der Waals surface area contributed by atoms with E-state index in [0.29, 0.717) is 0 Å². The second-order valence-electron chi connectivity index (χ2n) is 5.19. The fourth-order valence-electron chi connectivity index (χ4n) is 1.64. The third kappa shape index (κ3) is 4.81. The van der Waals surface area contributed by atoms with Crippen molar-refractivity contribution in [3.63, 3.8) is 0 Å². The lowest BCUT2D eigenvalue weighted by molar-refractivity contribution is -0.149. The smallest absolute Gasteiger partial charge is 0.377 e. The van der Waals surface area contributed by atoms with E-state index in [-0.39, 0.29) is 12.6 Å². The van der Waals surface area contributed by atoms with E-state index < -0.39 is 24.4 Å². The minimum Gasteiger partial charge on any atom is -0.377 e. The summed E-state index contributed by atoms with van der Waals surface area (Å²) in [5.74, 6) is 0. The molecule has 0 aliphatic heterocycles. The molecule has 1 aliphatic carbocycles. The lowest BCUT2D eigenvalue weighted by Crippen LogP contribution is -2.53. The van der Waals surface area contributed by atoms with Gasteiger partial charge in [-0.25, -0.2) is 0 Å². The van der Waals surface area contributed by atoms with Crippen LogP contribution in [0, 0.1) is 0 Å². The summed E-state index contributed by atoms with van der Waals surface area (Å²) in [6.07, 6.45) is -2.51. The molecule has 1 atom stereocenters. The molecule has 3 nitrogen and oxygen atoms in total. The number of hydrogen-bond donors (Lipinski definition) is 1. The van der Waals surface area contributed by atoms with Gasteiger partial charge in [-0.15, -0.1) is 0 Å². The summed E-state index contributed by atoms with van der Waals surface area (Å²) in [6, 6.07) is -0.397. The van der Waals surface area contributed by atoms with Crippen molar-refractivity contribution in [2.45, 2.75) is 50.6 Å². The number of alkyl halides is 3. The van der Waals surface area contributed by atoms with Crippen LogP contribution < -0.4 is 5.73 Å². The van der Waals surface area contributed by atoms with Crippen LogP contribution in [-0.2, 0) is 4.74 Å². The molecular formula is C11H21F3N2O. The molecule has 0 bridgehead atoms. The van der Waals surface area contributed by atoms with E-state index in [0.717, 1.165) is 12.8 Å². The first-order chi connectivity index (χ1) is 7.65. The van der Waals surface area contributed by atoms with E-state index >= 15 is 0 Å². The van der Waals surface area contributed by atoms with Crippen molar-refractivity contribution in [1.82, 2.24) is 4.90 Å². The van der Waals surface area contributed by atoms with Gasteiger partial charge < -0.3 is 10.5 Å². The molecule has 0 aromatic rings. The maximum absolute atomic E-state index is 12.4. The van der Waals surface area contributed by atoms with Crippen molar-refractivity contribution < 1.29 is 17.9 Å². The number of hydrogen-bond acceptors (Lipinski definition) is 3. The number of ether oxygens (including phenoxy) is 1. The van der Waals surface area contributed by atoms with Crippen molar-refractivity contribution in [1.29, 1.82) is 0 Å². The van der Waals surface area contributed by atoms with E-state index in [2.05, 4.69) is 0 Å². The first kappa shape index (κ1) is 14.7. The van der Waals surface area contributed by atoms with Gasteiger partial charge in [-0.3, -0.25) is 4.90 Å². The Hall–Kier alpha value is -0.330. The van der Waals surface area contributed by atoms with Crippen LogP contribution in [0.25, 0.3) is 0 Å². The van der Waals surface area contributed by atoms with Gasteiger partial charge in [0.25, 0.3) is 0 Å². The van der Waals surface area contributed by atoms with Crippen LogP contribution >= 0.6 is 0 Å². The normalized spacial score (nSPS) is 19.8. The minimum atomic E-state index is -4.17. The minimum absolute atomic E-state index is 0.0373. The van der Waals surface area contributed by atoms with Crippen molar-refractivity contribution >= 4 is 0 Å². The van der Waals surface area contributed by atoms with Gasteiger partial charge in [0.2, 0.25) is 0 Å². The van der Waals surface area contributed by atoms with E-state index in [1.165, 1.54) is 12.0 Å². The third-order valence-electron chi connectivity index (χ3n) is 3.30. The first-order valence-corrected chi connectivity index (χ1v) is 5.77. The van der Waals surface area contributed by atoms with Crippen molar-refractivity contribution in [2.75, 3.05) is 20.2 Å². The molecule has 1 saturated carbocycles. The van der Waals surface area contributed by atoms with E-state index in [1.807, 2.05) is 0 Å². The molecule has 1 aliphatic rings. The topological polar surface area (TPSA) is 38.5 Å². The Morgan fingerprint density at radius 3 is 2.24 bits per heavy atom. The summed E-state index contributed by atoms with van der Waals surface area (Å²) < 4.78 is 42.4. The number of methoxy groups -OCH3 is 1. The molecule has 2 N–H and O–H groups in total. The molecule has 0 radical (unpaired) electrons. The van der Waals surface area contributed by atoms with Crippen LogP contribution in [-0.4, -0.2) is 49.0 Å². The Bertz CT molecular complexity index is 252. The molecule has 0 amide bonds. The average molecular weight is 254 g/mol. The number of nitrogens with zero attached hydrogens (tertiary/aromatic N) is 1. The van der Waals surface area contributed by atoms with Gasteiger partial charge in [-0.2, -0.15) is 13.2 Å². The summed E-state index contributed by atoms with van der Waals surface area (Å²) >= 11 is 0. The molecule has 1 unspecified atom stereocenters. The number of halogens is 3. The average Bonchev–Trinajstić information content (AvgIpc) is 2.97. The van der Waals surface area contributed by atoms with Crippen LogP contribution in [0.2, 0.25) is 0 Å². The lowest BCUT2D eigenvalue weighted by Gasteiger charge is -2.34. The summed E-state index contributed by atoms with van der Waals surface area (Å²) in [5, 5.41) is 0. The molecule has 17 heavy (non-hydrogen) atoms. The van der Waals surface area contributed by atoms with E-state index in [1.54, 1.807) is 13.8 Å². The van der Waals surface area contributed by atoms with E-state index in [4.69, 9.17) is 10.5 Å². The predicted octanol–water partition coefficient (Wildman–Crippen LogP) is 1.77. The molecule has 1 fully saturated rings. The van der Waals surface area contributed by atoms with Crippen molar-refractivity contribution in [3.8, 4) is 0 Å². The van der Waals surface area contributed by atoms with Crippen LogP contribution in [0.15, 0.2) is 0 Å². The Labute approximate surface area is 100 Å². The second-order valence-corrected chi connectivity index (χ2v) is 5.19. The van der Waals surface area contributed by atoms with Crippen molar-refractivity contribution in [2.24, 2.45) is 5.73 Å². The Kier molecular flexibility index (Phi) is 4.43. The zero-order chi connectivity index (χ0) is 13.3. The molecule has 6 heteroatoms. The van der Waals surface area contributed by atoms with Crippen molar-refractivity contribution in [3.05, 3.63) is 0 Å². The van der Waals surface area contributed by atoms with Crippen LogP contribution in [0.4, 0.5) is 13.2 Å². The fourth-order valence-corrected chi connectivity index (χ4v) is 1.64. The molecule has 0 heterocycles. The fraction of sp³-hybridized carbons (Fsp3) is 1.00. The molecule has 102 valence electrons. The quantitative estimate of drug-likeness (QED) is 0.785. The first-order valence-electron chi connectivity index (χ1n) is 5.77. The summed E-state index contributed by atoms with van der Waals surface area (Å²) in [5.41, 5.74) is 5.30. The standard InChI is InChI=1S/C11H21F3N2O/c1-10(2,17-3)9(15)6-16(8-4-5-8)7-11(12,13)14/h8-9H,4-7,15H2,1-3H3. The predicted molar refractivity (Wildman–Crippen MR) is 59.7 cm³/mol. The van der Waals surface area contributed by atoms with Crippen LogP contribution in [0.1, 0.15) is 26.7 Å². The maximum atomic E-state index is 12.4. The summed E-state index contributed by atoms with van der Waals surface area (Å²) in [7, 11) is 1.52. The molecule has 0 spiro atoms. The van der Waals surface area contributed by atoms with Crippen LogP contribution in [0.3, 0.4) is 0 Å². The highest BCUT2D eigenvalue weighted by Gasteiger charge is 2.40. The monoisotopic (exact) mass is 254 g/mol. The van der Waals surface area contributed by atoms with Gasteiger partial charge in [0.15, 0.2) is 0 Å². The summed E-state index contributed by atoms with van der Waals surface area (Å²) in [4.78, 5) is 1.42. The van der Waals surface area contributed by atoms with Gasteiger partial charge in [0.1, 0.15) is 0 Å². The molecular weight excluding hydrogens is 233 g/mol. The zero-order valence-corrected chi connectivity index (χ0v) is 10.5. The summed E-state index contributed by atoms with van der Waals surface area (Å²) in [6.45, 7) is 2.91. The maximum Gasteiger partial charge on any atom is 0.401 e. The van der Waals surface area contributed by atoms with Gasteiger partial charge in [-0.05, 0) is 26.7 Å². The second kappa shape index (κ2) is 5.12. The number of nitrogens with two attached hydrogens (primary N) is 1. The highest BCUT2D eigenvalue weighted by Crippen LogP contribution is 2.30. The molecule has 1 rings (SSSR count). The largest absolute Gasteiger partial charge is 0.401 e. The highest BCUT2D eigenvalue weighted by atomic mass is 19.4. The van der Waals surface area contributed by atoms with Gasteiger partial charge >= 0.3 is 6.18 Å². The SMILES string of the molecule is COC(C)(C)C(N)CN(CC(F)(F)F)C1CC1. The Balaban J connectivity index is 2.55. The van der Waals surface area contributed by atoms with Gasteiger partial charge in [0.05, 0.1) is 12.1 Å².